The van der Waals surface area contributed by atoms with Gasteiger partial charge in [-0.2, -0.15) is 0 Å². The molecule has 0 bridgehead atoms. The molecule has 1 saturated heterocycles. The Bertz CT molecular complexity index is 1000. The molecule has 4 N–H and O–H groups in total. The Kier molecular flexibility index (Phi) is 7.58. The van der Waals surface area contributed by atoms with Crippen LogP contribution in [0.25, 0.3) is 0 Å². The van der Waals surface area contributed by atoms with Crippen LogP contribution in [0, 0.1) is 34.5 Å². The van der Waals surface area contributed by atoms with Gasteiger partial charge < -0.3 is 26.0 Å². The van der Waals surface area contributed by atoms with Crippen LogP contribution in [0.1, 0.15) is 80.1 Å². The van der Waals surface area contributed by atoms with Crippen LogP contribution in [0.4, 0.5) is 4.79 Å². The summed E-state index contributed by atoms with van der Waals surface area (Å²) in [5, 5.41) is 5.57. The highest BCUT2D eigenvalue weighted by Gasteiger charge is 2.70. The summed E-state index contributed by atoms with van der Waals surface area (Å²) < 4.78 is 5.66. The van der Waals surface area contributed by atoms with Crippen molar-refractivity contribution in [2.75, 3.05) is 6.54 Å². The molecule has 4 aliphatic rings. The van der Waals surface area contributed by atoms with Crippen LogP contribution in [0.15, 0.2) is 0 Å². The minimum Gasteiger partial charge on any atom is -0.446 e. The second-order valence-electron chi connectivity index (χ2n) is 13.7. The standard InChI is InChI=1S/C28H44N4O6/c1-14-8-7-9-18(14)38-26(37)31-22(27(2,3)4)25(36)32-13-16-19(28(16,5)6)20(32)24(35)30-17(12-15-10-11-15)21(33)23(29)34/h14-20,22H,7-13H2,1-6H3,(H2,29,34)(H,30,35)(H,31,37)/t14-,16-,17?,18-,19-,20-,22+/m0/s1. The summed E-state index contributed by atoms with van der Waals surface area (Å²) >= 11 is 0. The average Bonchev–Trinajstić information content (AvgIpc) is 3.58. The molecule has 212 valence electrons. The molecule has 7 atom stereocenters. The predicted octanol–water partition coefficient (Wildman–Crippen LogP) is 2.14. The number of nitrogens with two attached hydrogens (primary N) is 1. The first kappa shape index (κ1) is 28.4. The van der Waals surface area contributed by atoms with Gasteiger partial charge in [0, 0.05) is 6.54 Å². The van der Waals surface area contributed by atoms with E-state index in [1.165, 1.54) is 0 Å². The summed E-state index contributed by atoms with van der Waals surface area (Å²) in [6.07, 6.45) is 4.27. The number of alkyl carbamates (subject to hydrolysis) is 1. The van der Waals surface area contributed by atoms with Gasteiger partial charge in [0.1, 0.15) is 18.2 Å². The van der Waals surface area contributed by atoms with E-state index in [9.17, 15) is 24.0 Å². The Hall–Kier alpha value is -2.65. The largest absolute Gasteiger partial charge is 0.446 e. The second-order valence-corrected chi connectivity index (χ2v) is 13.7. The number of carbonyl (C=O) groups is 5. The van der Waals surface area contributed by atoms with E-state index in [1.54, 1.807) is 4.90 Å². The highest BCUT2D eigenvalue weighted by atomic mass is 16.6. The zero-order chi connectivity index (χ0) is 28.2. The molecular weight excluding hydrogens is 488 g/mol. The molecule has 0 aromatic carbocycles. The molecule has 3 saturated carbocycles. The Morgan fingerprint density at radius 1 is 1.05 bits per heavy atom. The van der Waals surface area contributed by atoms with E-state index in [4.69, 9.17) is 10.5 Å². The van der Waals surface area contributed by atoms with Gasteiger partial charge in [-0.25, -0.2) is 4.79 Å². The highest BCUT2D eigenvalue weighted by Crippen LogP contribution is 2.65. The molecule has 10 nitrogen and oxygen atoms in total. The summed E-state index contributed by atoms with van der Waals surface area (Å²) in [5.41, 5.74) is 4.48. The highest BCUT2D eigenvalue weighted by molar-refractivity contribution is 6.37. The molecule has 0 spiro atoms. The number of nitrogens with one attached hydrogen (secondary N) is 2. The van der Waals surface area contributed by atoms with Crippen molar-refractivity contribution in [3.63, 3.8) is 0 Å². The predicted molar refractivity (Wildman–Crippen MR) is 139 cm³/mol. The number of amides is 4. The smallest absolute Gasteiger partial charge is 0.408 e. The van der Waals surface area contributed by atoms with Crippen LogP contribution in [0.2, 0.25) is 0 Å². The van der Waals surface area contributed by atoms with Crippen molar-refractivity contribution in [3.8, 4) is 0 Å². The zero-order valence-corrected chi connectivity index (χ0v) is 23.5. The fourth-order valence-electron chi connectivity index (χ4n) is 6.55. The Morgan fingerprint density at radius 3 is 2.24 bits per heavy atom. The second kappa shape index (κ2) is 10.2. The maximum atomic E-state index is 14.0. The number of primary amides is 1. The molecule has 0 aromatic heterocycles. The van der Waals surface area contributed by atoms with Gasteiger partial charge >= 0.3 is 6.09 Å². The zero-order valence-electron chi connectivity index (χ0n) is 23.5. The minimum absolute atomic E-state index is 0.0800. The monoisotopic (exact) mass is 532 g/mol. The van der Waals surface area contributed by atoms with Crippen LogP contribution >= 0.6 is 0 Å². The van der Waals surface area contributed by atoms with Gasteiger partial charge in [-0.1, -0.05) is 54.4 Å². The molecule has 38 heavy (non-hydrogen) atoms. The van der Waals surface area contributed by atoms with Crippen molar-refractivity contribution >= 4 is 29.6 Å². The van der Waals surface area contributed by atoms with Crippen molar-refractivity contribution in [2.45, 2.75) is 104 Å². The summed E-state index contributed by atoms with van der Waals surface area (Å²) in [7, 11) is 0. The van der Waals surface area contributed by atoms with E-state index in [0.717, 1.165) is 32.1 Å². The van der Waals surface area contributed by atoms with Gasteiger partial charge in [0.2, 0.25) is 17.6 Å². The van der Waals surface area contributed by atoms with Crippen LogP contribution in [-0.4, -0.2) is 65.3 Å². The topological polar surface area (TPSA) is 148 Å². The molecule has 0 radical (unpaired) electrons. The van der Waals surface area contributed by atoms with Gasteiger partial charge in [-0.05, 0) is 60.2 Å². The van der Waals surface area contributed by atoms with Crippen LogP contribution in [0.3, 0.4) is 0 Å². The Morgan fingerprint density at radius 2 is 1.71 bits per heavy atom. The van der Waals surface area contributed by atoms with Crippen LogP contribution in [0.5, 0.6) is 0 Å². The van der Waals surface area contributed by atoms with Crippen molar-refractivity contribution in [1.82, 2.24) is 15.5 Å². The van der Waals surface area contributed by atoms with Gasteiger partial charge in [-0.15, -0.1) is 0 Å². The van der Waals surface area contributed by atoms with E-state index >= 15 is 0 Å². The van der Waals surface area contributed by atoms with Gasteiger partial charge in [0.15, 0.2) is 0 Å². The molecule has 4 rings (SSSR count). The number of hydrogen-bond acceptors (Lipinski definition) is 6. The Labute approximate surface area is 225 Å². The molecule has 10 heteroatoms. The molecule has 1 unspecified atom stereocenters. The third kappa shape index (κ3) is 5.69. The molecular formula is C28H44N4O6. The molecule has 3 aliphatic carbocycles. The number of nitrogens with zero attached hydrogens (tertiary/aromatic N) is 1. The minimum atomic E-state index is -1.08. The fourth-order valence-corrected chi connectivity index (χ4v) is 6.55. The van der Waals surface area contributed by atoms with Crippen molar-refractivity contribution in [3.05, 3.63) is 0 Å². The summed E-state index contributed by atoms with van der Waals surface area (Å²) in [6.45, 7) is 12.2. The third-order valence-electron chi connectivity index (χ3n) is 9.32. The number of likely N-dealkylation sites (tertiary alicyclic amines) is 1. The third-order valence-corrected chi connectivity index (χ3v) is 9.32. The number of carbonyl (C=O) groups excluding carboxylic acids is 5. The Balaban J connectivity index is 1.51. The first-order valence-electron chi connectivity index (χ1n) is 14.0. The first-order valence-corrected chi connectivity index (χ1v) is 14.0. The molecule has 4 amide bonds. The van der Waals surface area contributed by atoms with E-state index < -0.39 is 47.2 Å². The normalized spacial score (nSPS) is 31.1. The van der Waals surface area contributed by atoms with E-state index in [0.29, 0.717) is 13.0 Å². The fraction of sp³-hybridized carbons (Fsp3) is 0.821. The number of piperidine rings is 1. The molecule has 1 heterocycles. The number of ether oxygens (including phenoxy) is 1. The quantitative estimate of drug-likeness (QED) is 0.388. The van der Waals surface area contributed by atoms with Crippen molar-refractivity contribution in [2.24, 2.45) is 40.2 Å². The lowest BCUT2D eigenvalue weighted by molar-refractivity contribution is -0.145. The van der Waals surface area contributed by atoms with Gasteiger partial charge in [0.25, 0.3) is 5.91 Å². The first-order chi connectivity index (χ1) is 17.6. The number of fused-ring (bicyclic) bond motifs is 1. The molecule has 4 fully saturated rings. The summed E-state index contributed by atoms with van der Waals surface area (Å²) in [5.74, 6) is -2.09. The van der Waals surface area contributed by atoms with Crippen LogP contribution in [-0.2, 0) is 23.9 Å². The molecule has 1 aliphatic heterocycles. The average molecular weight is 533 g/mol. The lowest BCUT2D eigenvalue weighted by Crippen LogP contribution is -2.60. The summed E-state index contributed by atoms with van der Waals surface area (Å²) in [4.78, 5) is 66.2. The maximum absolute atomic E-state index is 14.0. The van der Waals surface area contributed by atoms with Crippen molar-refractivity contribution in [1.29, 1.82) is 0 Å². The lowest BCUT2D eigenvalue weighted by atomic mass is 9.85. The SMILES string of the molecule is C[C@H]1CCC[C@@H]1OC(=O)N[C@H](C(=O)N1C[C@H]2[C@@H]([C@H]1C(=O)NC(CC1CC1)C(=O)C(N)=O)C2(C)C)C(C)(C)C. The van der Waals surface area contributed by atoms with Crippen LogP contribution < -0.4 is 16.4 Å². The van der Waals surface area contributed by atoms with Gasteiger partial charge in [0.05, 0.1) is 6.04 Å². The lowest BCUT2D eigenvalue weighted by Gasteiger charge is -2.38. The number of Topliss-reactive ketones (excluding diaryl/α,β-unsaturated/α-hetero) is 1. The maximum Gasteiger partial charge on any atom is 0.408 e. The van der Waals surface area contributed by atoms with E-state index in [2.05, 4.69) is 31.4 Å². The van der Waals surface area contributed by atoms with Crippen molar-refractivity contribution < 1.29 is 28.7 Å². The number of rotatable bonds is 9. The number of ketones is 1. The summed E-state index contributed by atoms with van der Waals surface area (Å²) in [6, 6.07) is -2.70. The van der Waals surface area contributed by atoms with Gasteiger partial charge in [-0.3, -0.25) is 19.2 Å². The molecule has 0 aromatic rings. The van der Waals surface area contributed by atoms with E-state index in [1.807, 2.05) is 20.8 Å². The number of hydrogen-bond donors (Lipinski definition) is 3. The van der Waals surface area contributed by atoms with E-state index in [-0.39, 0.29) is 41.1 Å².